The highest BCUT2D eigenvalue weighted by atomic mass is 16.3. The first-order valence-corrected chi connectivity index (χ1v) is 9.57. The van der Waals surface area contributed by atoms with Crippen molar-refractivity contribution in [3.63, 3.8) is 0 Å². The number of likely N-dealkylation sites (N-methyl/N-ethyl adjacent to an activating group) is 1. The van der Waals surface area contributed by atoms with Crippen molar-refractivity contribution in [3.8, 4) is 0 Å². The molecule has 5 heteroatoms. The number of urea groups is 1. The summed E-state index contributed by atoms with van der Waals surface area (Å²) >= 11 is 0. The van der Waals surface area contributed by atoms with Crippen LogP contribution in [0.2, 0.25) is 0 Å². The monoisotopic (exact) mass is 323 g/mol. The average Bonchev–Trinajstić information content (AvgIpc) is 3.41. The van der Waals surface area contributed by atoms with Crippen molar-refractivity contribution < 1.29 is 9.90 Å². The molecule has 0 radical (unpaired) electrons. The standard InChI is InChI=1S/C18H33N3O2/c1-20(13-17(22)14-7-8-14)18(23)19-15-9-11-21(12-10-15)16-5-3-2-4-6-16/h14-17,22H,2-13H2,1H3,(H,19,23). The van der Waals surface area contributed by atoms with Crippen molar-refractivity contribution in [2.24, 2.45) is 5.92 Å². The van der Waals surface area contributed by atoms with Gasteiger partial charge in [0, 0.05) is 38.8 Å². The van der Waals surface area contributed by atoms with Crippen LogP contribution in [0.4, 0.5) is 4.79 Å². The number of rotatable bonds is 5. The topological polar surface area (TPSA) is 55.8 Å². The molecule has 0 aromatic rings. The molecule has 1 unspecified atom stereocenters. The molecule has 3 fully saturated rings. The molecule has 0 aromatic heterocycles. The SMILES string of the molecule is CN(CC(O)C1CC1)C(=O)NC1CCN(C2CCCCC2)CC1. The lowest BCUT2D eigenvalue weighted by Gasteiger charge is -2.39. The summed E-state index contributed by atoms with van der Waals surface area (Å²) in [7, 11) is 1.79. The predicted molar refractivity (Wildman–Crippen MR) is 91.4 cm³/mol. The molecule has 1 atom stereocenters. The fourth-order valence-corrected chi connectivity index (χ4v) is 4.13. The molecule has 3 aliphatic rings. The van der Waals surface area contributed by atoms with E-state index in [2.05, 4.69) is 10.2 Å². The molecule has 1 heterocycles. The number of carbonyl (C=O) groups is 1. The van der Waals surface area contributed by atoms with Crippen molar-refractivity contribution in [2.75, 3.05) is 26.7 Å². The second kappa shape index (κ2) is 7.84. The van der Waals surface area contributed by atoms with Gasteiger partial charge in [-0.2, -0.15) is 0 Å². The Morgan fingerprint density at radius 2 is 1.78 bits per heavy atom. The minimum Gasteiger partial charge on any atom is -0.391 e. The van der Waals surface area contributed by atoms with E-state index in [0.29, 0.717) is 18.5 Å². The van der Waals surface area contributed by atoms with E-state index >= 15 is 0 Å². The third-order valence-electron chi connectivity index (χ3n) is 5.92. The van der Waals surface area contributed by atoms with E-state index in [9.17, 15) is 9.90 Å². The number of piperidine rings is 1. The minimum absolute atomic E-state index is 0.0270. The van der Waals surface area contributed by atoms with E-state index < -0.39 is 0 Å². The Bertz CT molecular complexity index is 386. The van der Waals surface area contributed by atoms with Crippen LogP contribution < -0.4 is 5.32 Å². The number of likely N-dealkylation sites (tertiary alicyclic amines) is 1. The van der Waals surface area contributed by atoms with E-state index in [1.165, 1.54) is 32.1 Å². The van der Waals surface area contributed by atoms with E-state index in [1.807, 2.05) is 0 Å². The maximum Gasteiger partial charge on any atom is 0.317 e. The molecule has 2 aliphatic carbocycles. The molecule has 2 N–H and O–H groups in total. The van der Waals surface area contributed by atoms with Gasteiger partial charge >= 0.3 is 6.03 Å². The molecule has 0 spiro atoms. The maximum absolute atomic E-state index is 12.3. The number of hydrogen-bond acceptors (Lipinski definition) is 3. The first kappa shape index (κ1) is 17.0. The fourth-order valence-electron chi connectivity index (χ4n) is 4.13. The molecule has 5 nitrogen and oxygen atoms in total. The molecule has 1 aliphatic heterocycles. The summed E-state index contributed by atoms with van der Waals surface area (Å²) in [6.45, 7) is 2.69. The van der Waals surface area contributed by atoms with E-state index in [1.54, 1.807) is 11.9 Å². The summed E-state index contributed by atoms with van der Waals surface area (Å²) in [4.78, 5) is 16.6. The van der Waals surface area contributed by atoms with Crippen LogP contribution in [0.5, 0.6) is 0 Å². The number of aliphatic hydroxyl groups is 1. The van der Waals surface area contributed by atoms with E-state index in [0.717, 1.165) is 44.8 Å². The number of nitrogens with zero attached hydrogens (tertiary/aromatic N) is 2. The Kier molecular flexibility index (Phi) is 5.81. The third-order valence-corrected chi connectivity index (χ3v) is 5.92. The van der Waals surface area contributed by atoms with Crippen LogP contribution in [0.15, 0.2) is 0 Å². The number of nitrogens with one attached hydrogen (secondary N) is 1. The average molecular weight is 323 g/mol. The van der Waals surface area contributed by atoms with Gasteiger partial charge in [0.2, 0.25) is 0 Å². The Hall–Kier alpha value is -0.810. The van der Waals surface area contributed by atoms with Gasteiger partial charge in [0.15, 0.2) is 0 Å². The second-order valence-electron chi connectivity index (χ2n) is 7.84. The number of aliphatic hydroxyl groups excluding tert-OH is 1. The Balaban J connectivity index is 1.36. The van der Waals surface area contributed by atoms with Gasteiger partial charge in [-0.15, -0.1) is 0 Å². The van der Waals surface area contributed by atoms with Gasteiger partial charge in [-0.3, -0.25) is 0 Å². The van der Waals surface area contributed by atoms with Crippen LogP contribution in [-0.4, -0.2) is 65.8 Å². The summed E-state index contributed by atoms with van der Waals surface area (Å²) in [5.41, 5.74) is 0. The van der Waals surface area contributed by atoms with Gasteiger partial charge in [0.05, 0.1) is 6.10 Å². The smallest absolute Gasteiger partial charge is 0.317 e. The van der Waals surface area contributed by atoms with E-state index in [4.69, 9.17) is 0 Å². The van der Waals surface area contributed by atoms with Gasteiger partial charge in [0.1, 0.15) is 0 Å². The van der Waals surface area contributed by atoms with Crippen LogP contribution in [0, 0.1) is 5.92 Å². The first-order chi connectivity index (χ1) is 11.1. The largest absolute Gasteiger partial charge is 0.391 e. The van der Waals surface area contributed by atoms with Crippen LogP contribution >= 0.6 is 0 Å². The highest BCUT2D eigenvalue weighted by molar-refractivity contribution is 5.74. The summed E-state index contributed by atoms with van der Waals surface area (Å²) in [5, 5.41) is 13.1. The van der Waals surface area contributed by atoms with E-state index in [-0.39, 0.29) is 12.1 Å². The number of amides is 2. The fraction of sp³-hybridized carbons (Fsp3) is 0.944. The molecular formula is C18H33N3O2. The molecule has 0 aromatic carbocycles. The van der Waals surface area contributed by atoms with Gasteiger partial charge in [0.25, 0.3) is 0 Å². The summed E-state index contributed by atoms with van der Waals surface area (Å²) in [6.07, 6.45) is 10.9. The molecule has 132 valence electrons. The normalized spacial score (nSPS) is 26.0. The zero-order valence-electron chi connectivity index (χ0n) is 14.5. The van der Waals surface area contributed by atoms with Crippen LogP contribution in [0.3, 0.4) is 0 Å². The molecule has 2 saturated carbocycles. The minimum atomic E-state index is -0.348. The van der Waals surface area contributed by atoms with Crippen molar-refractivity contribution >= 4 is 6.03 Å². The summed E-state index contributed by atoms with van der Waals surface area (Å²) < 4.78 is 0. The Labute approximate surface area is 140 Å². The van der Waals surface area contributed by atoms with Crippen LogP contribution in [0.25, 0.3) is 0 Å². The molecular weight excluding hydrogens is 290 g/mol. The number of hydrogen-bond donors (Lipinski definition) is 2. The van der Waals surface area contributed by atoms with Gasteiger partial charge in [-0.1, -0.05) is 19.3 Å². The van der Waals surface area contributed by atoms with Gasteiger partial charge < -0.3 is 20.2 Å². The lowest BCUT2D eigenvalue weighted by Crippen LogP contribution is -2.51. The summed E-state index contributed by atoms with van der Waals surface area (Å²) in [5.74, 6) is 0.420. The summed E-state index contributed by atoms with van der Waals surface area (Å²) in [6, 6.07) is 1.06. The van der Waals surface area contributed by atoms with Crippen molar-refractivity contribution in [1.29, 1.82) is 0 Å². The maximum atomic E-state index is 12.3. The molecule has 23 heavy (non-hydrogen) atoms. The highest BCUT2D eigenvalue weighted by Crippen LogP contribution is 2.32. The lowest BCUT2D eigenvalue weighted by atomic mass is 9.92. The lowest BCUT2D eigenvalue weighted by molar-refractivity contribution is 0.103. The molecule has 2 amide bonds. The second-order valence-corrected chi connectivity index (χ2v) is 7.84. The van der Waals surface area contributed by atoms with Gasteiger partial charge in [-0.25, -0.2) is 4.79 Å². The Morgan fingerprint density at radius 3 is 2.39 bits per heavy atom. The molecule has 0 bridgehead atoms. The van der Waals surface area contributed by atoms with Crippen molar-refractivity contribution in [3.05, 3.63) is 0 Å². The zero-order valence-corrected chi connectivity index (χ0v) is 14.5. The van der Waals surface area contributed by atoms with Crippen LogP contribution in [-0.2, 0) is 0 Å². The van der Waals surface area contributed by atoms with Crippen molar-refractivity contribution in [1.82, 2.24) is 15.1 Å². The van der Waals surface area contributed by atoms with Crippen LogP contribution in [0.1, 0.15) is 57.8 Å². The molecule has 3 rings (SSSR count). The zero-order chi connectivity index (χ0) is 16.2. The molecule has 1 saturated heterocycles. The predicted octanol–water partition coefficient (Wildman–Crippen LogP) is 2.20. The Morgan fingerprint density at radius 1 is 1.13 bits per heavy atom. The van der Waals surface area contributed by atoms with Crippen molar-refractivity contribution in [2.45, 2.75) is 76.0 Å². The highest BCUT2D eigenvalue weighted by Gasteiger charge is 2.32. The first-order valence-electron chi connectivity index (χ1n) is 9.57. The van der Waals surface area contributed by atoms with Gasteiger partial charge in [-0.05, 0) is 44.4 Å². The quantitative estimate of drug-likeness (QED) is 0.815. The number of carbonyl (C=O) groups excluding carboxylic acids is 1. The third kappa shape index (κ3) is 4.83.